The number of hydrogen-bond donors (Lipinski definition) is 1. The maximum Gasteiger partial charge on any atom is 0.322 e. The van der Waals surface area contributed by atoms with Gasteiger partial charge in [-0.15, -0.1) is 5.10 Å². The second-order valence-corrected chi connectivity index (χ2v) is 6.34. The predicted molar refractivity (Wildman–Crippen MR) is 111 cm³/mol. The van der Waals surface area contributed by atoms with Gasteiger partial charge in [0.1, 0.15) is 5.75 Å². The van der Waals surface area contributed by atoms with Crippen molar-refractivity contribution in [3.05, 3.63) is 60.2 Å². The Balaban J connectivity index is 1.60. The summed E-state index contributed by atoms with van der Waals surface area (Å²) in [7, 11) is 4.61. The van der Waals surface area contributed by atoms with Crippen LogP contribution in [0.4, 0.5) is 6.01 Å². The molecule has 1 N–H and O–H groups in total. The van der Waals surface area contributed by atoms with Gasteiger partial charge in [0.2, 0.25) is 5.89 Å². The minimum Gasteiger partial charge on any atom is -0.496 e. The number of carbonyl (C=O) groups is 1. The lowest BCUT2D eigenvalue weighted by atomic mass is 10.1. The van der Waals surface area contributed by atoms with Crippen LogP contribution in [0.3, 0.4) is 0 Å². The minimum absolute atomic E-state index is 0.0278. The zero-order valence-electron chi connectivity index (χ0n) is 16.6. The van der Waals surface area contributed by atoms with E-state index in [0.29, 0.717) is 28.4 Å². The fraction of sp³-hybridized carbons (Fsp3) is 0.136. The van der Waals surface area contributed by atoms with Crippen LogP contribution in [-0.2, 0) is 0 Å². The van der Waals surface area contributed by atoms with E-state index in [0.717, 1.165) is 10.8 Å². The molecule has 0 aliphatic rings. The third kappa shape index (κ3) is 3.62. The number of ether oxygens (including phenoxy) is 3. The Morgan fingerprint density at radius 2 is 1.53 bits per heavy atom. The van der Waals surface area contributed by atoms with Crippen molar-refractivity contribution in [1.29, 1.82) is 0 Å². The second kappa shape index (κ2) is 8.12. The average molecular weight is 405 g/mol. The topological polar surface area (TPSA) is 95.7 Å². The number of methoxy groups -OCH3 is 3. The Hall–Kier alpha value is -4.07. The smallest absolute Gasteiger partial charge is 0.322 e. The molecule has 0 aliphatic carbocycles. The van der Waals surface area contributed by atoms with Crippen molar-refractivity contribution in [3.63, 3.8) is 0 Å². The van der Waals surface area contributed by atoms with Gasteiger partial charge < -0.3 is 18.6 Å². The number of hydrogen-bond acceptors (Lipinski definition) is 7. The van der Waals surface area contributed by atoms with E-state index in [4.69, 9.17) is 18.6 Å². The first kappa shape index (κ1) is 19.3. The van der Waals surface area contributed by atoms with E-state index < -0.39 is 5.91 Å². The summed E-state index contributed by atoms with van der Waals surface area (Å²) in [6.07, 6.45) is 0. The van der Waals surface area contributed by atoms with Crippen LogP contribution in [0, 0.1) is 0 Å². The number of benzene rings is 3. The first-order valence-electron chi connectivity index (χ1n) is 9.07. The van der Waals surface area contributed by atoms with E-state index in [1.165, 1.54) is 14.2 Å². The zero-order chi connectivity index (χ0) is 21.1. The number of carbonyl (C=O) groups excluding carboxylic acids is 1. The number of fused-ring (bicyclic) bond motifs is 1. The Morgan fingerprint density at radius 3 is 2.23 bits per heavy atom. The molecule has 0 aliphatic heterocycles. The molecular formula is C22H19N3O5. The molecule has 1 heterocycles. The SMILES string of the molecule is COc1ccc(-c2nnc(NC(=O)c3cc4ccccc4cc3OC)o2)cc1OC. The van der Waals surface area contributed by atoms with Crippen LogP contribution in [0.1, 0.15) is 10.4 Å². The van der Waals surface area contributed by atoms with Crippen molar-refractivity contribution in [2.45, 2.75) is 0 Å². The highest BCUT2D eigenvalue weighted by molar-refractivity contribution is 6.07. The highest BCUT2D eigenvalue weighted by Gasteiger charge is 2.18. The molecular weight excluding hydrogens is 386 g/mol. The second-order valence-electron chi connectivity index (χ2n) is 6.34. The molecule has 3 aromatic carbocycles. The summed E-state index contributed by atoms with van der Waals surface area (Å²) in [5.74, 6) is 1.38. The third-order valence-electron chi connectivity index (χ3n) is 4.59. The summed E-state index contributed by atoms with van der Waals surface area (Å²) in [6.45, 7) is 0. The van der Waals surface area contributed by atoms with Crippen LogP contribution in [0.5, 0.6) is 17.2 Å². The number of rotatable bonds is 6. The van der Waals surface area contributed by atoms with Gasteiger partial charge in [-0.2, -0.15) is 0 Å². The largest absolute Gasteiger partial charge is 0.496 e. The first-order valence-corrected chi connectivity index (χ1v) is 9.07. The average Bonchev–Trinajstić information content (AvgIpc) is 3.25. The van der Waals surface area contributed by atoms with Crippen LogP contribution < -0.4 is 19.5 Å². The molecule has 0 radical (unpaired) electrons. The molecule has 0 fully saturated rings. The van der Waals surface area contributed by atoms with Crippen molar-refractivity contribution < 1.29 is 23.4 Å². The lowest BCUT2D eigenvalue weighted by Crippen LogP contribution is -2.13. The summed E-state index contributed by atoms with van der Waals surface area (Å²) in [6, 6.07) is 16.5. The van der Waals surface area contributed by atoms with Crippen molar-refractivity contribution >= 4 is 22.7 Å². The summed E-state index contributed by atoms with van der Waals surface area (Å²) in [5.41, 5.74) is 0.992. The molecule has 1 amide bonds. The molecule has 0 saturated heterocycles. The fourth-order valence-electron chi connectivity index (χ4n) is 3.09. The molecule has 0 spiro atoms. The lowest BCUT2D eigenvalue weighted by Gasteiger charge is -2.09. The fourth-order valence-corrected chi connectivity index (χ4v) is 3.09. The van der Waals surface area contributed by atoms with Crippen LogP contribution in [0.15, 0.2) is 59.0 Å². The number of nitrogens with one attached hydrogen (secondary N) is 1. The number of aromatic nitrogens is 2. The normalized spacial score (nSPS) is 10.6. The van der Waals surface area contributed by atoms with Gasteiger partial charge in [0.05, 0.1) is 26.9 Å². The Bertz CT molecular complexity index is 1220. The van der Waals surface area contributed by atoms with Crippen molar-refractivity contribution in [2.24, 2.45) is 0 Å². The van der Waals surface area contributed by atoms with E-state index in [-0.39, 0.29) is 11.9 Å². The number of amides is 1. The van der Waals surface area contributed by atoms with Gasteiger partial charge >= 0.3 is 6.01 Å². The lowest BCUT2D eigenvalue weighted by molar-refractivity contribution is 0.102. The van der Waals surface area contributed by atoms with Crippen molar-refractivity contribution in [1.82, 2.24) is 10.2 Å². The van der Waals surface area contributed by atoms with Gasteiger partial charge in [-0.05, 0) is 41.1 Å². The van der Waals surface area contributed by atoms with Crippen LogP contribution in [0.25, 0.3) is 22.2 Å². The molecule has 8 nitrogen and oxygen atoms in total. The van der Waals surface area contributed by atoms with Gasteiger partial charge in [0.15, 0.2) is 11.5 Å². The highest BCUT2D eigenvalue weighted by atomic mass is 16.5. The summed E-state index contributed by atoms with van der Waals surface area (Å²) in [4.78, 5) is 12.8. The molecule has 30 heavy (non-hydrogen) atoms. The summed E-state index contributed by atoms with van der Waals surface area (Å²) < 4.78 is 21.5. The Morgan fingerprint density at radius 1 is 0.833 bits per heavy atom. The summed E-state index contributed by atoms with van der Waals surface area (Å²) >= 11 is 0. The molecule has 1 aromatic heterocycles. The predicted octanol–water partition coefficient (Wildman–Crippen LogP) is 4.17. The van der Waals surface area contributed by atoms with Gasteiger partial charge in [-0.25, -0.2) is 0 Å². The van der Waals surface area contributed by atoms with Crippen LogP contribution in [0.2, 0.25) is 0 Å². The van der Waals surface area contributed by atoms with Crippen molar-refractivity contribution in [2.75, 3.05) is 26.6 Å². The van der Waals surface area contributed by atoms with Gasteiger partial charge in [-0.3, -0.25) is 10.1 Å². The maximum absolute atomic E-state index is 12.8. The van der Waals surface area contributed by atoms with E-state index in [2.05, 4.69) is 15.5 Å². The monoisotopic (exact) mass is 405 g/mol. The summed E-state index contributed by atoms with van der Waals surface area (Å²) in [5, 5.41) is 12.4. The Labute approximate surface area is 172 Å². The van der Waals surface area contributed by atoms with Crippen molar-refractivity contribution in [3.8, 4) is 28.7 Å². The van der Waals surface area contributed by atoms with Crippen LogP contribution >= 0.6 is 0 Å². The zero-order valence-corrected chi connectivity index (χ0v) is 16.6. The Kier molecular flexibility index (Phi) is 5.21. The maximum atomic E-state index is 12.8. The first-order chi connectivity index (χ1) is 14.6. The molecule has 4 aromatic rings. The number of anilines is 1. The molecule has 152 valence electrons. The van der Waals surface area contributed by atoms with Gasteiger partial charge in [-0.1, -0.05) is 29.4 Å². The standard InChI is InChI=1S/C22H19N3O5/c1-27-17-9-8-15(12-19(17)29-3)21-24-25-22(30-21)23-20(26)16-10-13-6-4-5-7-14(13)11-18(16)28-2/h4-12H,1-3H3,(H,23,25,26). The van der Waals surface area contributed by atoms with E-state index >= 15 is 0 Å². The van der Waals surface area contributed by atoms with E-state index in [9.17, 15) is 4.79 Å². The van der Waals surface area contributed by atoms with Crippen LogP contribution in [-0.4, -0.2) is 37.4 Å². The molecule has 0 atom stereocenters. The van der Waals surface area contributed by atoms with E-state index in [1.54, 1.807) is 31.4 Å². The molecule has 0 bridgehead atoms. The third-order valence-corrected chi connectivity index (χ3v) is 4.59. The molecule has 0 unspecified atom stereocenters. The molecule has 0 saturated carbocycles. The quantitative estimate of drug-likeness (QED) is 0.514. The van der Waals surface area contributed by atoms with Gasteiger partial charge in [0, 0.05) is 5.56 Å². The molecule has 4 rings (SSSR count). The minimum atomic E-state index is -0.417. The van der Waals surface area contributed by atoms with E-state index in [1.807, 2.05) is 30.3 Å². The number of nitrogens with zero attached hydrogens (tertiary/aromatic N) is 2. The highest BCUT2D eigenvalue weighted by Crippen LogP contribution is 2.32. The molecule has 8 heteroatoms. The van der Waals surface area contributed by atoms with Gasteiger partial charge in [0.25, 0.3) is 5.91 Å².